The Balaban J connectivity index is 2.18. The van der Waals surface area contributed by atoms with Gasteiger partial charge in [-0.2, -0.15) is 0 Å². The lowest BCUT2D eigenvalue weighted by molar-refractivity contribution is -0.135. The van der Waals surface area contributed by atoms with Crippen LogP contribution in [-0.4, -0.2) is 21.4 Å². The molecule has 1 aliphatic heterocycles. The molecule has 21 heavy (non-hydrogen) atoms. The summed E-state index contributed by atoms with van der Waals surface area (Å²) in [6, 6.07) is 2.29. The van der Waals surface area contributed by atoms with Crippen LogP contribution in [0.3, 0.4) is 0 Å². The first-order valence-electron chi connectivity index (χ1n) is 6.26. The van der Waals surface area contributed by atoms with Gasteiger partial charge in [0.05, 0.1) is 21.4 Å². The van der Waals surface area contributed by atoms with Crippen molar-refractivity contribution in [3.63, 3.8) is 0 Å². The van der Waals surface area contributed by atoms with Crippen molar-refractivity contribution in [3.8, 4) is 0 Å². The number of aromatic nitrogens is 2. The van der Waals surface area contributed by atoms with Crippen molar-refractivity contribution in [2.24, 2.45) is 0 Å². The first-order chi connectivity index (χ1) is 10.0. The van der Waals surface area contributed by atoms with Gasteiger partial charge in [-0.3, -0.25) is 14.9 Å². The Morgan fingerprint density at radius 2 is 2.24 bits per heavy atom. The third-order valence-corrected chi connectivity index (χ3v) is 4.29. The molecule has 0 saturated carbocycles. The number of nitrogens with one attached hydrogen (secondary N) is 1. The number of rotatable bonds is 2. The van der Waals surface area contributed by atoms with Crippen molar-refractivity contribution >= 4 is 50.4 Å². The van der Waals surface area contributed by atoms with Crippen LogP contribution in [0.5, 0.6) is 0 Å². The molecule has 0 radical (unpaired) electrons. The second-order valence-electron chi connectivity index (χ2n) is 4.75. The van der Waals surface area contributed by atoms with Crippen LogP contribution >= 0.6 is 27.5 Å². The zero-order valence-corrected chi connectivity index (χ0v) is 13.0. The van der Waals surface area contributed by atoms with E-state index in [1.165, 1.54) is 6.07 Å². The summed E-state index contributed by atoms with van der Waals surface area (Å²) in [5.74, 6) is -0.557. The molecule has 8 heteroatoms. The van der Waals surface area contributed by atoms with Crippen LogP contribution in [0, 0.1) is 5.82 Å². The fourth-order valence-electron chi connectivity index (χ4n) is 2.51. The number of alkyl halides is 1. The molecule has 5 nitrogen and oxygen atoms in total. The predicted octanol–water partition coefficient (Wildman–Crippen LogP) is 2.65. The van der Waals surface area contributed by atoms with Crippen LogP contribution in [-0.2, 0) is 15.5 Å². The lowest BCUT2D eigenvalue weighted by atomic mass is 10.1. The molecule has 2 amide bonds. The maximum Gasteiger partial charge on any atom is 0.249 e. The Hall–Kier alpha value is -1.47. The molecule has 1 fully saturated rings. The fraction of sp³-hybridized carbons (Fsp3) is 0.308. The number of imide groups is 1. The topological polar surface area (TPSA) is 64.0 Å². The lowest BCUT2D eigenvalue weighted by Crippen LogP contribution is -2.42. The number of nitrogens with zero attached hydrogens (tertiary/aromatic N) is 2. The van der Waals surface area contributed by atoms with Crippen molar-refractivity contribution in [1.29, 1.82) is 0 Å². The average molecular weight is 375 g/mol. The van der Waals surface area contributed by atoms with Gasteiger partial charge in [0.1, 0.15) is 17.7 Å². The van der Waals surface area contributed by atoms with Crippen LogP contribution in [0.1, 0.15) is 24.7 Å². The van der Waals surface area contributed by atoms with E-state index in [4.69, 9.17) is 11.6 Å². The molecule has 2 aromatic rings. The zero-order chi connectivity index (χ0) is 15.1. The van der Waals surface area contributed by atoms with E-state index in [0.29, 0.717) is 23.3 Å². The summed E-state index contributed by atoms with van der Waals surface area (Å²) in [5, 5.41) is 2.30. The summed E-state index contributed by atoms with van der Waals surface area (Å²) in [4.78, 5) is 27.6. The van der Waals surface area contributed by atoms with Gasteiger partial charge >= 0.3 is 0 Å². The molecule has 0 spiro atoms. The first kappa shape index (κ1) is 14.5. The van der Waals surface area contributed by atoms with Gasteiger partial charge < -0.3 is 4.57 Å². The second-order valence-corrected chi connectivity index (χ2v) is 5.88. The van der Waals surface area contributed by atoms with Crippen molar-refractivity contribution in [3.05, 3.63) is 28.2 Å². The van der Waals surface area contributed by atoms with E-state index in [-0.39, 0.29) is 22.7 Å². The van der Waals surface area contributed by atoms with Gasteiger partial charge in [0.15, 0.2) is 0 Å². The quantitative estimate of drug-likeness (QED) is 0.649. The molecule has 0 bridgehead atoms. The number of hydrogen-bond acceptors (Lipinski definition) is 3. The molecule has 1 unspecified atom stereocenters. The largest absolute Gasteiger partial charge is 0.314 e. The molecule has 0 aliphatic carbocycles. The molecule has 1 atom stereocenters. The zero-order valence-electron chi connectivity index (χ0n) is 10.7. The van der Waals surface area contributed by atoms with Crippen LogP contribution in [0.4, 0.5) is 4.39 Å². The smallest absolute Gasteiger partial charge is 0.249 e. The highest BCUT2D eigenvalue weighted by atomic mass is 79.9. The number of fused-ring (bicyclic) bond motifs is 1. The molecule has 1 aromatic heterocycles. The molecule has 1 aromatic carbocycles. The van der Waals surface area contributed by atoms with E-state index < -0.39 is 17.8 Å². The summed E-state index contributed by atoms with van der Waals surface area (Å²) in [6.45, 7) is 0. The van der Waals surface area contributed by atoms with Crippen molar-refractivity contribution in [2.45, 2.75) is 24.8 Å². The SMILES string of the molecule is O=C1CCC(n2c(CCl)nc3cc(F)c(Br)cc32)C(=O)N1. The fourth-order valence-corrected chi connectivity index (χ4v) is 3.03. The summed E-state index contributed by atoms with van der Waals surface area (Å²) < 4.78 is 15.6. The standard InChI is InChI=1S/C13H10BrClFN3O2/c14-6-3-10-8(4-7(6)16)17-11(5-15)19(10)9-1-2-12(20)18-13(9)21/h3-4,9H,1-2,5H2,(H,18,20,21). The number of carbonyl (C=O) groups is 2. The normalized spacial score (nSPS) is 19.1. The first-order valence-corrected chi connectivity index (χ1v) is 7.59. The van der Waals surface area contributed by atoms with Crippen LogP contribution in [0.2, 0.25) is 0 Å². The van der Waals surface area contributed by atoms with Crippen molar-refractivity contribution < 1.29 is 14.0 Å². The monoisotopic (exact) mass is 373 g/mol. The molecular weight excluding hydrogens is 365 g/mol. The van der Waals surface area contributed by atoms with E-state index in [1.54, 1.807) is 10.6 Å². The van der Waals surface area contributed by atoms with Gasteiger partial charge in [-0.25, -0.2) is 9.37 Å². The van der Waals surface area contributed by atoms with Gasteiger partial charge in [0.25, 0.3) is 0 Å². The minimum Gasteiger partial charge on any atom is -0.314 e. The molecule has 1 N–H and O–H groups in total. The van der Waals surface area contributed by atoms with Crippen LogP contribution < -0.4 is 5.32 Å². The Morgan fingerprint density at radius 1 is 1.48 bits per heavy atom. The number of piperidine rings is 1. The van der Waals surface area contributed by atoms with Crippen molar-refractivity contribution in [2.75, 3.05) is 0 Å². The van der Waals surface area contributed by atoms with Gasteiger partial charge in [0.2, 0.25) is 11.8 Å². The second kappa shape index (κ2) is 5.38. The number of halogens is 3. The summed E-state index contributed by atoms with van der Waals surface area (Å²) in [5.41, 5.74) is 1.03. The predicted molar refractivity (Wildman–Crippen MR) is 78.4 cm³/mol. The van der Waals surface area contributed by atoms with Gasteiger partial charge in [0, 0.05) is 12.5 Å². The molecule has 110 valence electrons. The number of benzene rings is 1. The van der Waals surface area contributed by atoms with E-state index in [0.717, 1.165) is 0 Å². The number of hydrogen-bond donors (Lipinski definition) is 1. The summed E-state index contributed by atoms with van der Waals surface area (Å²) in [7, 11) is 0. The van der Waals surface area contributed by atoms with Crippen molar-refractivity contribution in [1.82, 2.24) is 14.9 Å². The molecule has 3 rings (SSSR count). The van der Waals surface area contributed by atoms with Crippen LogP contribution in [0.25, 0.3) is 11.0 Å². The highest BCUT2D eigenvalue weighted by molar-refractivity contribution is 9.10. The van der Waals surface area contributed by atoms with Gasteiger partial charge in [-0.1, -0.05) is 0 Å². The summed E-state index contributed by atoms with van der Waals surface area (Å²) in [6.07, 6.45) is 0.620. The molecular formula is C13H10BrClFN3O2. The minimum atomic E-state index is -0.571. The maximum atomic E-state index is 13.6. The number of amides is 2. The van der Waals surface area contributed by atoms with Gasteiger partial charge in [-0.15, -0.1) is 11.6 Å². The number of carbonyl (C=O) groups excluding carboxylic acids is 2. The highest BCUT2D eigenvalue weighted by Gasteiger charge is 2.31. The molecule has 2 heterocycles. The summed E-state index contributed by atoms with van der Waals surface area (Å²) >= 11 is 9.02. The third-order valence-electron chi connectivity index (χ3n) is 3.45. The van der Waals surface area contributed by atoms with E-state index in [2.05, 4.69) is 26.2 Å². The Labute approximate surface area is 132 Å². The van der Waals surface area contributed by atoms with Crippen LogP contribution in [0.15, 0.2) is 16.6 Å². The Morgan fingerprint density at radius 3 is 2.90 bits per heavy atom. The van der Waals surface area contributed by atoms with E-state index >= 15 is 0 Å². The number of imidazole rings is 1. The maximum absolute atomic E-state index is 13.6. The molecule has 1 saturated heterocycles. The van der Waals surface area contributed by atoms with Gasteiger partial charge in [-0.05, 0) is 28.4 Å². The van der Waals surface area contributed by atoms with E-state index in [1.807, 2.05) is 0 Å². The Kier molecular flexibility index (Phi) is 3.71. The molecule has 1 aliphatic rings. The van der Waals surface area contributed by atoms with E-state index in [9.17, 15) is 14.0 Å². The highest BCUT2D eigenvalue weighted by Crippen LogP contribution is 2.30. The Bertz CT molecular complexity index is 761. The third kappa shape index (κ3) is 2.44. The minimum absolute atomic E-state index is 0.0889. The lowest BCUT2D eigenvalue weighted by Gasteiger charge is -2.24. The average Bonchev–Trinajstić information content (AvgIpc) is 2.77.